The van der Waals surface area contributed by atoms with Gasteiger partial charge >= 0.3 is 0 Å². The first-order valence-corrected chi connectivity index (χ1v) is 10.3. The quantitative estimate of drug-likeness (QED) is 0.479. The molecule has 158 valence electrons. The maximum atomic E-state index is 5.92. The molecule has 4 aromatic heterocycles. The normalized spacial score (nSPS) is 16.9. The molecule has 0 atom stereocenters. The van der Waals surface area contributed by atoms with E-state index in [0.29, 0.717) is 41.5 Å². The lowest BCUT2D eigenvalue weighted by Gasteiger charge is -2.39. The van der Waals surface area contributed by atoms with Crippen molar-refractivity contribution >= 4 is 5.65 Å². The van der Waals surface area contributed by atoms with E-state index in [1.807, 2.05) is 19.1 Å². The molecule has 1 fully saturated rings. The van der Waals surface area contributed by atoms with E-state index in [1.165, 1.54) is 5.56 Å². The van der Waals surface area contributed by atoms with Crippen molar-refractivity contribution in [3.63, 3.8) is 0 Å². The zero-order valence-corrected chi connectivity index (χ0v) is 17.1. The summed E-state index contributed by atoms with van der Waals surface area (Å²) >= 11 is 0. The summed E-state index contributed by atoms with van der Waals surface area (Å²) in [6.07, 6.45) is 0.949. The van der Waals surface area contributed by atoms with Gasteiger partial charge in [0, 0.05) is 37.3 Å². The molecule has 0 unspecified atom stereocenters. The molecule has 10 heteroatoms. The Morgan fingerprint density at radius 2 is 2.10 bits per heavy atom. The van der Waals surface area contributed by atoms with Crippen LogP contribution in [0.3, 0.4) is 0 Å². The summed E-state index contributed by atoms with van der Waals surface area (Å²) in [5, 5.41) is 16.8. The molecule has 6 rings (SSSR count). The fourth-order valence-corrected chi connectivity index (χ4v) is 3.94. The molecule has 10 nitrogen and oxygen atoms in total. The van der Waals surface area contributed by atoms with E-state index in [1.54, 1.807) is 16.6 Å². The number of nitrogens with zero attached hydrogens (tertiary/aromatic N) is 7. The third-order valence-corrected chi connectivity index (χ3v) is 5.74. The van der Waals surface area contributed by atoms with Crippen molar-refractivity contribution < 1.29 is 14.0 Å². The number of fused-ring (bicyclic) bond motifs is 2. The predicted molar refractivity (Wildman–Crippen MR) is 108 cm³/mol. The first kappa shape index (κ1) is 18.4. The van der Waals surface area contributed by atoms with Crippen molar-refractivity contribution in [2.45, 2.75) is 32.5 Å². The van der Waals surface area contributed by atoms with E-state index >= 15 is 0 Å². The molecular formula is C21H21N7O3. The van der Waals surface area contributed by atoms with Crippen molar-refractivity contribution in [1.82, 2.24) is 34.9 Å². The number of aromatic nitrogens is 6. The Kier molecular flexibility index (Phi) is 4.39. The van der Waals surface area contributed by atoms with Crippen LogP contribution in [0.2, 0.25) is 0 Å². The third-order valence-electron chi connectivity index (χ3n) is 5.74. The number of rotatable bonds is 5. The summed E-state index contributed by atoms with van der Waals surface area (Å²) in [7, 11) is 0. The van der Waals surface area contributed by atoms with Gasteiger partial charge in [0.1, 0.15) is 12.4 Å². The van der Waals surface area contributed by atoms with Gasteiger partial charge in [-0.1, -0.05) is 11.2 Å². The van der Waals surface area contributed by atoms with E-state index < -0.39 is 0 Å². The summed E-state index contributed by atoms with van der Waals surface area (Å²) < 4.78 is 18.0. The standard InChI is InChI=1S/C21H21N7O3/c1-13-8-18(26-31-13)21-24-23-19-4-5-20(25-28(19)21)30-10-15-3-2-14-9-27(16-11-29-12-16)7-6-17(14)22-15/h2-5,8,16H,6-7,9-12H2,1H3. The maximum absolute atomic E-state index is 5.92. The molecule has 0 amide bonds. The maximum Gasteiger partial charge on any atom is 0.232 e. The molecule has 0 saturated carbocycles. The molecule has 0 radical (unpaired) electrons. The van der Waals surface area contributed by atoms with Gasteiger partial charge in [0.05, 0.1) is 24.9 Å². The Hall–Kier alpha value is -3.37. The van der Waals surface area contributed by atoms with Gasteiger partial charge in [0.2, 0.25) is 11.7 Å². The monoisotopic (exact) mass is 419 g/mol. The average Bonchev–Trinajstić information content (AvgIpc) is 3.36. The molecule has 2 aliphatic rings. The van der Waals surface area contributed by atoms with Crippen LogP contribution in [0.15, 0.2) is 34.9 Å². The Balaban J connectivity index is 1.18. The van der Waals surface area contributed by atoms with Gasteiger partial charge in [0.25, 0.3) is 0 Å². The highest BCUT2D eigenvalue weighted by Crippen LogP contribution is 2.23. The highest BCUT2D eigenvalue weighted by Gasteiger charge is 2.29. The summed E-state index contributed by atoms with van der Waals surface area (Å²) in [4.78, 5) is 7.30. The van der Waals surface area contributed by atoms with Crippen LogP contribution in [0.25, 0.3) is 17.2 Å². The zero-order chi connectivity index (χ0) is 20.8. The predicted octanol–water partition coefficient (Wildman–Crippen LogP) is 1.82. The third kappa shape index (κ3) is 3.43. The molecule has 0 N–H and O–H groups in total. The summed E-state index contributed by atoms with van der Waals surface area (Å²) in [5.74, 6) is 1.66. The van der Waals surface area contributed by atoms with E-state index in [9.17, 15) is 0 Å². The van der Waals surface area contributed by atoms with Crippen LogP contribution >= 0.6 is 0 Å². The molecule has 0 bridgehead atoms. The average molecular weight is 419 g/mol. The van der Waals surface area contributed by atoms with Gasteiger partial charge < -0.3 is 14.0 Å². The van der Waals surface area contributed by atoms with Gasteiger partial charge in [-0.2, -0.15) is 4.52 Å². The first-order valence-electron chi connectivity index (χ1n) is 10.3. The van der Waals surface area contributed by atoms with Crippen LogP contribution in [-0.4, -0.2) is 60.7 Å². The topological polar surface area (TPSA) is 104 Å². The molecule has 1 saturated heterocycles. The van der Waals surface area contributed by atoms with E-state index in [0.717, 1.165) is 44.1 Å². The summed E-state index contributed by atoms with van der Waals surface area (Å²) in [6.45, 7) is 5.81. The second-order valence-corrected chi connectivity index (χ2v) is 7.90. The van der Waals surface area contributed by atoms with Gasteiger partial charge in [-0.25, -0.2) is 0 Å². The van der Waals surface area contributed by atoms with Crippen LogP contribution < -0.4 is 4.74 Å². The fraction of sp³-hybridized carbons (Fsp3) is 0.381. The smallest absolute Gasteiger partial charge is 0.232 e. The number of hydrogen-bond acceptors (Lipinski definition) is 9. The second-order valence-electron chi connectivity index (χ2n) is 7.90. The van der Waals surface area contributed by atoms with Gasteiger partial charge in [-0.05, 0) is 24.6 Å². The molecule has 31 heavy (non-hydrogen) atoms. The lowest BCUT2D eigenvalue weighted by molar-refractivity contribution is -0.0696. The minimum atomic E-state index is 0.340. The lowest BCUT2D eigenvalue weighted by Crippen LogP contribution is -2.50. The first-order chi connectivity index (χ1) is 15.2. The molecule has 4 aromatic rings. The Bertz CT molecular complexity index is 1250. The molecule has 0 aliphatic carbocycles. The van der Waals surface area contributed by atoms with Crippen LogP contribution in [0.5, 0.6) is 5.88 Å². The minimum Gasteiger partial charge on any atom is -0.470 e. The molecule has 0 spiro atoms. The minimum absolute atomic E-state index is 0.340. The van der Waals surface area contributed by atoms with E-state index in [-0.39, 0.29) is 0 Å². The SMILES string of the molecule is Cc1cc(-c2nnc3ccc(OCc4ccc5c(n4)CCN(C4COC4)C5)nn23)no1. The van der Waals surface area contributed by atoms with Crippen LogP contribution in [0.1, 0.15) is 22.7 Å². The van der Waals surface area contributed by atoms with Crippen molar-refractivity contribution in [2.75, 3.05) is 19.8 Å². The van der Waals surface area contributed by atoms with Crippen molar-refractivity contribution in [2.24, 2.45) is 0 Å². The highest BCUT2D eigenvalue weighted by molar-refractivity contribution is 5.54. The molecule has 2 aliphatic heterocycles. The van der Waals surface area contributed by atoms with Crippen LogP contribution in [-0.2, 0) is 24.3 Å². The van der Waals surface area contributed by atoms with Gasteiger partial charge in [-0.15, -0.1) is 15.3 Å². The number of pyridine rings is 1. The Labute approximate surface area is 177 Å². The summed E-state index contributed by atoms with van der Waals surface area (Å²) in [5.41, 5.74) is 4.52. The number of aryl methyl sites for hydroxylation is 1. The van der Waals surface area contributed by atoms with Crippen molar-refractivity contribution in [3.8, 4) is 17.4 Å². The largest absolute Gasteiger partial charge is 0.470 e. The number of hydrogen-bond donors (Lipinski definition) is 0. The summed E-state index contributed by atoms with van der Waals surface area (Å²) in [6, 6.07) is 10.1. The molecular weight excluding hydrogens is 398 g/mol. The second kappa shape index (κ2) is 7.40. The van der Waals surface area contributed by atoms with Gasteiger partial charge in [-0.3, -0.25) is 9.88 Å². The molecule has 0 aromatic carbocycles. The Morgan fingerprint density at radius 3 is 2.90 bits per heavy atom. The Morgan fingerprint density at radius 1 is 1.16 bits per heavy atom. The van der Waals surface area contributed by atoms with Crippen molar-refractivity contribution in [3.05, 3.63) is 53.0 Å². The van der Waals surface area contributed by atoms with Crippen LogP contribution in [0, 0.1) is 6.92 Å². The van der Waals surface area contributed by atoms with E-state index in [4.69, 9.17) is 19.0 Å². The number of ether oxygens (including phenoxy) is 2. The van der Waals surface area contributed by atoms with Crippen molar-refractivity contribution in [1.29, 1.82) is 0 Å². The fourth-order valence-electron chi connectivity index (χ4n) is 3.94. The zero-order valence-electron chi connectivity index (χ0n) is 17.1. The molecule has 6 heterocycles. The van der Waals surface area contributed by atoms with E-state index in [2.05, 4.69) is 31.4 Å². The highest BCUT2D eigenvalue weighted by atomic mass is 16.5. The van der Waals surface area contributed by atoms with Crippen LogP contribution in [0.4, 0.5) is 0 Å². The lowest BCUT2D eigenvalue weighted by atomic mass is 10.0. The van der Waals surface area contributed by atoms with Gasteiger partial charge in [0.15, 0.2) is 11.3 Å².